The minimum atomic E-state index is -0.802. The zero-order valence-electron chi connectivity index (χ0n) is 21.5. The lowest BCUT2D eigenvalue weighted by atomic mass is 9.84. The van der Waals surface area contributed by atoms with E-state index in [1.807, 2.05) is 54.6 Å². The average molecular weight is 515 g/mol. The number of hydrogen-bond acceptors (Lipinski definition) is 3. The van der Waals surface area contributed by atoms with Crippen molar-refractivity contribution in [2.24, 2.45) is 5.41 Å². The summed E-state index contributed by atoms with van der Waals surface area (Å²) in [6.07, 6.45) is 0. The van der Waals surface area contributed by atoms with Gasteiger partial charge in [0.2, 0.25) is 11.8 Å². The van der Waals surface area contributed by atoms with Crippen molar-refractivity contribution in [1.82, 2.24) is 10.6 Å². The number of amides is 2. The number of thioether (sulfide) groups is 1. The lowest BCUT2D eigenvalue weighted by Crippen LogP contribution is -2.82. The number of rotatable bonds is 8. The molecule has 186 valence electrons. The van der Waals surface area contributed by atoms with Gasteiger partial charge < -0.3 is 10.6 Å². The summed E-state index contributed by atoms with van der Waals surface area (Å²) in [6, 6.07) is 31.1. The Balaban J connectivity index is 1.90. The van der Waals surface area contributed by atoms with Crippen LogP contribution in [0.5, 0.6) is 0 Å². The maximum Gasteiger partial charge on any atom is 0.238 e. The maximum absolute atomic E-state index is 13.4. The summed E-state index contributed by atoms with van der Waals surface area (Å²) >= 11 is 1.63. The molecule has 0 bridgehead atoms. The molecule has 3 aromatic carbocycles. The molecule has 1 aliphatic rings. The first kappa shape index (κ1) is 26.2. The summed E-state index contributed by atoms with van der Waals surface area (Å²) in [6.45, 7) is 10.3. The second-order valence-electron chi connectivity index (χ2n) is 10.5. The summed E-state index contributed by atoms with van der Waals surface area (Å²) < 4.78 is -0.647. The second kappa shape index (κ2) is 10.3. The second-order valence-corrected chi connectivity index (χ2v) is 13.8. The van der Waals surface area contributed by atoms with Crippen LogP contribution in [0.1, 0.15) is 51.3 Å². The molecule has 6 heteroatoms. The molecule has 4 nitrogen and oxygen atoms in total. The number of nitrogens with one attached hydrogen (secondary N) is 2. The molecule has 1 heterocycles. The van der Waals surface area contributed by atoms with Gasteiger partial charge in [-0.05, 0) is 27.6 Å². The van der Waals surface area contributed by atoms with E-state index in [-0.39, 0.29) is 22.8 Å². The van der Waals surface area contributed by atoms with Crippen molar-refractivity contribution in [1.29, 1.82) is 0 Å². The van der Waals surface area contributed by atoms with Gasteiger partial charge in [0.15, 0.2) is 0 Å². The van der Waals surface area contributed by atoms with E-state index in [4.69, 9.17) is 0 Å². The summed E-state index contributed by atoms with van der Waals surface area (Å²) in [7, 11) is 0.322. The number of carbonyl (C=O) groups is 2. The average Bonchev–Trinajstić information content (AvgIpc) is 2.85. The van der Waals surface area contributed by atoms with Crippen molar-refractivity contribution >= 4 is 33.1 Å². The molecule has 1 aliphatic heterocycles. The van der Waals surface area contributed by atoms with E-state index in [1.54, 1.807) is 11.8 Å². The minimum Gasteiger partial charge on any atom is -0.336 e. The van der Waals surface area contributed by atoms with E-state index in [0.717, 1.165) is 16.7 Å². The molecule has 0 spiro atoms. The highest BCUT2D eigenvalue weighted by Crippen LogP contribution is 2.53. The van der Waals surface area contributed by atoms with Crippen LogP contribution in [0.25, 0.3) is 0 Å². The number of hydrogen-bond donors (Lipinski definition) is 2. The molecular weight excluding hydrogens is 480 g/mol. The highest BCUT2D eigenvalue weighted by Gasteiger charge is 2.59. The molecule has 3 unspecified atom stereocenters. The van der Waals surface area contributed by atoms with Crippen LogP contribution >= 0.6 is 11.8 Å². The predicted molar refractivity (Wildman–Crippen MR) is 150 cm³/mol. The Kier molecular flexibility index (Phi) is 7.48. The summed E-state index contributed by atoms with van der Waals surface area (Å²) in [5, 5.41) is 5.04. The summed E-state index contributed by atoms with van der Waals surface area (Å²) in [5.74, 6) is -0.187. The smallest absolute Gasteiger partial charge is 0.238 e. The lowest BCUT2D eigenvalue weighted by molar-refractivity contribution is -0.132. The molecule has 0 aliphatic carbocycles. The zero-order valence-corrected chi connectivity index (χ0v) is 23.4. The molecule has 2 N–H and O–H groups in total. The van der Waals surface area contributed by atoms with Crippen LogP contribution in [-0.4, -0.2) is 31.9 Å². The van der Waals surface area contributed by atoms with Crippen molar-refractivity contribution in [3.8, 4) is 0 Å². The molecule has 3 aromatic rings. The third kappa shape index (κ3) is 5.02. The van der Waals surface area contributed by atoms with Crippen LogP contribution in [0, 0.1) is 5.41 Å². The van der Waals surface area contributed by atoms with Crippen LogP contribution in [0.15, 0.2) is 91.0 Å². The van der Waals surface area contributed by atoms with E-state index in [1.165, 1.54) is 6.92 Å². The Hall–Kier alpha value is -2.83. The molecule has 4 rings (SSSR count). The van der Waals surface area contributed by atoms with E-state index in [0.29, 0.717) is 9.52 Å². The third-order valence-electron chi connectivity index (χ3n) is 6.90. The monoisotopic (exact) mass is 514 g/mol. The Labute approximate surface area is 221 Å². The van der Waals surface area contributed by atoms with Crippen LogP contribution in [0.4, 0.5) is 0 Å². The van der Waals surface area contributed by atoms with Crippen molar-refractivity contribution in [3.05, 3.63) is 108 Å². The molecular formula is C30H34N2O2SSi. The van der Waals surface area contributed by atoms with Crippen molar-refractivity contribution in [2.45, 2.75) is 55.4 Å². The predicted octanol–water partition coefficient (Wildman–Crippen LogP) is 5.56. The van der Waals surface area contributed by atoms with Gasteiger partial charge in [0.25, 0.3) is 0 Å². The maximum atomic E-state index is 13.4. The van der Waals surface area contributed by atoms with Crippen LogP contribution < -0.4 is 10.6 Å². The number of β-lactam (4-membered cyclic amide) rings is 1. The van der Waals surface area contributed by atoms with Gasteiger partial charge in [0, 0.05) is 6.92 Å². The first-order valence-corrected chi connectivity index (χ1v) is 14.3. The molecule has 0 saturated carbocycles. The van der Waals surface area contributed by atoms with Crippen LogP contribution in [0.3, 0.4) is 0 Å². The molecule has 1 saturated heterocycles. The van der Waals surface area contributed by atoms with Gasteiger partial charge in [0.05, 0.1) is 4.75 Å². The Morgan fingerprint density at radius 2 is 1.31 bits per heavy atom. The molecule has 3 atom stereocenters. The van der Waals surface area contributed by atoms with E-state index in [2.05, 4.69) is 74.7 Å². The molecule has 36 heavy (non-hydrogen) atoms. The van der Waals surface area contributed by atoms with Crippen molar-refractivity contribution in [2.75, 3.05) is 0 Å². The van der Waals surface area contributed by atoms with Gasteiger partial charge >= 0.3 is 0 Å². The van der Waals surface area contributed by atoms with Crippen molar-refractivity contribution in [3.63, 3.8) is 0 Å². The lowest BCUT2D eigenvalue weighted by Gasteiger charge is -2.53. The molecule has 0 aromatic heterocycles. The molecule has 2 amide bonds. The summed E-state index contributed by atoms with van der Waals surface area (Å²) in [4.78, 5) is 25.8. The fourth-order valence-electron chi connectivity index (χ4n) is 4.57. The number of carbonyl (C=O) groups excluding carboxylic acids is 2. The topological polar surface area (TPSA) is 58.2 Å². The molecule has 2 radical (unpaired) electrons. The van der Waals surface area contributed by atoms with Crippen LogP contribution in [-0.2, 0) is 14.3 Å². The minimum absolute atomic E-state index is 0.0365. The SMILES string of the molecule is CC(=O)NC1([Si]C(C)C(C)(C)C)NC(=O)C1SC(c1ccccc1)(c1ccccc1)c1ccccc1. The summed E-state index contributed by atoms with van der Waals surface area (Å²) in [5.41, 5.74) is 3.60. The Morgan fingerprint density at radius 3 is 1.64 bits per heavy atom. The van der Waals surface area contributed by atoms with E-state index in [9.17, 15) is 9.59 Å². The molecule has 1 fully saturated rings. The normalized spacial score (nSPS) is 20.7. The quantitative estimate of drug-likeness (QED) is 0.235. The Morgan fingerprint density at radius 1 is 0.889 bits per heavy atom. The van der Waals surface area contributed by atoms with Gasteiger partial charge in [-0.2, -0.15) is 0 Å². The van der Waals surface area contributed by atoms with Gasteiger partial charge in [-0.15, -0.1) is 11.8 Å². The van der Waals surface area contributed by atoms with Crippen molar-refractivity contribution < 1.29 is 9.59 Å². The van der Waals surface area contributed by atoms with Gasteiger partial charge in [0.1, 0.15) is 20.1 Å². The fraction of sp³-hybridized carbons (Fsp3) is 0.333. The first-order valence-electron chi connectivity index (χ1n) is 12.3. The highest BCUT2D eigenvalue weighted by molar-refractivity contribution is 8.02. The first-order chi connectivity index (χ1) is 17.1. The highest BCUT2D eigenvalue weighted by atomic mass is 32.2. The van der Waals surface area contributed by atoms with E-state index < -0.39 is 15.3 Å². The fourth-order valence-corrected chi connectivity index (χ4v) is 8.42. The van der Waals surface area contributed by atoms with Crippen LogP contribution in [0.2, 0.25) is 5.54 Å². The zero-order chi connectivity index (χ0) is 26.0. The standard InChI is InChI=1S/C30H34N2O2SSi/c1-21(28(3,4)5)36-30(31-22(2)33)26(27(34)32-30)35-29(23-15-9-6-10-16-23,24-17-11-7-12-18-24)25-19-13-8-14-20-25/h6-21,26H,1-5H3,(H,31,33)(H,32,34). The van der Waals surface area contributed by atoms with Gasteiger partial charge in [-0.25, -0.2) is 0 Å². The third-order valence-corrected chi connectivity index (χ3v) is 11.3. The number of benzene rings is 3. The van der Waals surface area contributed by atoms with Gasteiger partial charge in [-0.3, -0.25) is 9.59 Å². The van der Waals surface area contributed by atoms with E-state index >= 15 is 0 Å². The largest absolute Gasteiger partial charge is 0.336 e. The van der Waals surface area contributed by atoms with Gasteiger partial charge in [-0.1, -0.05) is 119 Å². The Bertz CT molecular complexity index is 1100.